The molecule has 2 aromatic carbocycles. The Hall–Kier alpha value is -2.34. The van der Waals surface area contributed by atoms with Crippen LogP contribution < -0.4 is 10.1 Å². The molecule has 2 heterocycles. The summed E-state index contributed by atoms with van der Waals surface area (Å²) < 4.78 is 8.40. The number of hydrogen-bond acceptors (Lipinski definition) is 4. The average Bonchev–Trinajstić information content (AvgIpc) is 3.10. The van der Waals surface area contributed by atoms with E-state index in [1.165, 1.54) is 11.1 Å². The number of benzene rings is 2. The number of nitrogens with zero attached hydrogens (tertiary/aromatic N) is 3. The van der Waals surface area contributed by atoms with E-state index in [2.05, 4.69) is 67.7 Å². The second-order valence-electron chi connectivity index (χ2n) is 5.80. The van der Waals surface area contributed by atoms with Crippen LogP contribution in [0.4, 0.5) is 5.95 Å². The second-order valence-corrected chi connectivity index (χ2v) is 6.72. The summed E-state index contributed by atoms with van der Waals surface area (Å²) in [5, 5.41) is 7.89. The van der Waals surface area contributed by atoms with Crippen LogP contribution in [0.3, 0.4) is 0 Å². The van der Waals surface area contributed by atoms with Gasteiger partial charge in [-0.15, -0.1) is 0 Å². The number of rotatable bonds is 3. The molecule has 1 aliphatic heterocycles. The molecule has 1 aliphatic rings. The van der Waals surface area contributed by atoms with Gasteiger partial charge in [-0.3, -0.25) is 0 Å². The van der Waals surface area contributed by atoms with Crippen molar-refractivity contribution in [3.63, 3.8) is 0 Å². The lowest BCUT2D eigenvalue weighted by atomic mass is 9.93. The van der Waals surface area contributed by atoms with Crippen molar-refractivity contribution in [3.05, 3.63) is 70.5 Å². The highest BCUT2D eigenvalue weighted by molar-refractivity contribution is 9.10. The van der Waals surface area contributed by atoms with E-state index in [9.17, 15) is 0 Å². The largest absolute Gasteiger partial charge is 0.497 e. The highest BCUT2D eigenvalue weighted by Gasteiger charge is 2.30. The summed E-state index contributed by atoms with van der Waals surface area (Å²) in [5.41, 5.74) is 2.41. The fourth-order valence-corrected chi connectivity index (χ4v) is 3.42. The van der Waals surface area contributed by atoms with Crippen LogP contribution in [0.15, 0.2) is 59.3 Å². The summed E-state index contributed by atoms with van der Waals surface area (Å²) >= 11 is 3.49. The number of aromatic nitrogens is 3. The molecule has 0 fully saturated rings. The first-order valence-corrected chi connectivity index (χ1v) is 8.59. The van der Waals surface area contributed by atoms with Gasteiger partial charge in [0.15, 0.2) is 0 Å². The lowest BCUT2D eigenvalue weighted by Crippen LogP contribution is -2.28. The maximum atomic E-state index is 5.37. The number of ether oxygens (including phenoxy) is 1. The first kappa shape index (κ1) is 15.2. The normalized spacial score (nSPS) is 19.4. The zero-order valence-corrected chi connectivity index (χ0v) is 14.8. The summed E-state index contributed by atoms with van der Waals surface area (Å²) in [5.74, 6) is 1.65. The van der Waals surface area contributed by atoms with Gasteiger partial charge in [-0.2, -0.15) is 10.1 Å². The third kappa shape index (κ3) is 2.78. The molecule has 1 N–H and O–H groups in total. The molecule has 6 heteroatoms. The summed E-state index contributed by atoms with van der Waals surface area (Å²) in [6, 6.07) is 16.9. The molecule has 0 spiro atoms. The minimum atomic E-state index is 0.118. The second kappa shape index (κ2) is 6.28. The Bertz CT molecular complexity index is 846. The third-order valence-electron chi connectivity index (χ3n) is 4.38. The Balaban J connectivity index is 1.72. The van der Waals surface area contributed by atoms with Gasteiger partial charge in [-0.25, -0.2) is 4.68 Å². The Morgan fingerprint density at radius 1 is 1.17 bits per heavy atom. The maximum absolute atomic E-state index is 5.37. The molecule has 0 aliphatic carbocycles. The van der Waals surface area contributed by atoms with E-state index in [1.54, 1.807) is 13.4 Å². The molecule has 2 atom stereocenters. The first-order chi connectivity index (χ1) is 11.7. The van der Waals surface area contributed by atoms with Crippen molar-refractivity contribution in [2.24, 2.45) is 0 Å². The van der Waals surface area contributed by atoms with Gasteiger partial charge in [-0.05, 0) is 41.8 Å². The monoisotopic (exact) mass is 384 g/mol. The number of halogens is 1. The molecular formula is C18H17BrN4O. The number of methoxy groups -OCH3 is 1. The Labute approximate surface area is 148 Å². The smallest absolute Gasteiger partial charge is 0.222 e. The van der Waals surface area contributed by atoms with Crippen LogP contribution >= 0.6 is 15.9 Å². The average molecular weight is 385 g/mol. The van der Waals surface area contributed by atoms with Crippen molar-refractivity contribution in [1.29, 1.82) is 0 Å². The molecule has 0 saturated heterocycles. The van der Waals surface area contributed by atoms with E-state index in [0.29, 0.717) is 0 Å². The fourth-order valence-electron chi connectivity index (χ4n) is 3.16. The van der Waals surface area contributed by atoms with E-state index in [0.717, 1.165) is 22.6 Å². The highest BCUT2D eigenvalue weighted by atomic mass is 79.9. The number of nitrogens with one attached hydrogen (secondary N) is 1. The molecule has 5 nitrogen and oxygen atoms in total. The van der Waals surface area contributed by atoms with Gasteiger partial charge in [0.25, 0.3) is 0 Å². The van der Waals surface area contributed by atoms with Gasteiger partial charge in [0.2, 0.25) is 5.95 Å². The van der Waals surface area contributed by atoms with Crippen molar-refractivity contribution in [2.75, 3.05) is 12.4 Å². The molecule has 0 saturated carbocycles. The molecule has 0 unspecified atom stereocenters. The van der Waals surface area contributed by atoms with Crippen LogP contribution in [0.1, 0.15) is 29.6 Å². The summed E-state index contributed by atoms with van der Waals surface area (Å²) in [4.78, 5) is 4.37. The van der Waals surface area contributed by atoms with Crippen LogP contribution in [-0.4, -0.2) is 21.9 Å². The van der Waals surface area contributed by atoms with E-state index >= 15 is 0 Å². The zero-order chi connectivity index (χ0) is 16.5. The molecule has 122 valence electrons. The molecule has 0 amide bonds. The van der Waals surface area contributed by atoms with Gasteiger partial charge < -0.3 is 10.1 Å². The van der Waals surface area contributed by atoms with Gasteiger partial charge >= 0.3 is 0 Å². The molecule has 4 rings (SSSR count). The minimum Gasteiger partial charge on any atom is -0.497 e. The van der Waals surface area contributed by atoms with Gasteiger partial charge in [0.1, 0.15) is 12.1 Å². The molecular weight excluding hydrogens is 368 g/mol. The van der Waals surface area contributed by atoms with Gasteiger partial charge in [-0.1, -0.05) is 40.2 Å². The summed E-state index contributed by atoms with van der Waals surface area (Å²) in [7, 11) is 1.69. The fraction of sp³-hybridized carbons (Fsp3) is 0.222. The van der Waals surface area contributed by atoms with Crippen LogP contribution in [0, 0.1) is 0 Å². The van der Waals surface area contributed by atoms with Crippen LogP contribution in [0.2, 0.25) is 0 Å². The first-order valence-electron chi connectivity index (χ1n) is 7.80. The molecule has 1 aromatic heterocycles. The standard InChI is InChI=1S/C18H17BrN4O/c1-24-15-4-2-3-13(9-15)17-10-16(12-5-7-14(19)8-6-12)22-18-20-11-21-23(17)18/h2-9,11,16-17H,10H2,1H3,(H,20,21,22)/t16-,17+/m1/s1. The van der Waals surface area contributed by atoms with Gasteiger partial charge in [0.05, 0.1) is 19.2 Å². The topological polar surface area (TPSA) is 52.0 Å². The number of fused-ring (bicyclic) bond motifs is 1. The Morgan fingerprint density at radius 3 is 2.79 bits per heavy atom. The number of anilines is 1. The Kier molecular flexibility index (Phi) is 3.98. The quantitative estimate of drug-likeness (QED) is 0.735. The van der Waals surface area contributed by atoms with Crippen LogP contribution in [-0.2, 0) is 0 Å². The summed E-state index contributed by atoms with van der Waals surface area (Å²) in [6.07, 6.45) is 2.49. The highest BCUT2D eigenvalue weighted by Crippen LogP contribution is 2.38. The van der Waals surface area contributed by atoms with Crippen LogP contribution in [0.5, 0.6) is 5.75 Å². The predicted molar refractivity (Wildman–Crippen MR) is 96.3 cm³/mol. The molecule has 3 aromatic rings. The molecule has 24 heavy (non-hydrogen) atoms. The van der Waals surface area contributed by atoms with Crippen molar-refractivity contribution < 1.29 is 4.74 Å². The Morgan fingerprint density at radius 2 is 2.00 bits per heavy atom. The lowest BCUT2D eigenvalue weighted by molar-refractivity contribution is 0.406. The minimum absolute atomic E-state index is 0.118. The SMILES string of the molecule is COc1cccc([C@@H]2C[C@H](c3ccc(Br)cc3)Nc3ncnn32)c1. The zero-order valence-electron chi connectivity index (χ0n) is 13.2. The van der Waals surface area contributed by atoms with E-state index in [4.69, 9.17) is 4.74 Å². The van der Waals surface area contributed by atoms with Crippen LogP contribution in [0.25, 0.3) is 0 Å². The number of hydrogen-bond donors (Lipinski definition) is 1. The van der Waals surface area contributed by atoms with E-state index in [-0.39, 0.29) is 12.1 Å². The van der Waals surface area contributed by atoms with Gasteiger partial charge in [0, 0.05) is 4.47 Å². The van der Waals surface area contributed by atoms with E-state index < -0.39 is 0 Å². The molecule has 0 radical (unpaired) electrons. The summed E-state index contributed by atoms with van der Waals surface area (Å²) in [6.45, 7) is 0. The van der Waals surface area contributed by atoms with E-state index in [1.807, 2.05) is 16.8 Å². The maximum Gasteiger partial charge on any atom is 0.222 e. The third-order valence-corrected chi connectivity index (χ3v) is 4.91. The van der Waals surface area contributed by atoms with Crippen molar-refractivity contribution >= 4 is 21.9 Å². The van der Waals surface area contributed by atoms with Crippen molar-refractivity contribution in [1.82, 2.24) is 14.8 Å². The molecule has 0 bridgehead atoms. The van der Waals surface area contributed by atoms with Crippen molar-refractivity contribution in [3.8, 4) is 5.75 Å². The lowest BCUT2D eigenvalue weighted by Gasteiger charge is -2.32. The predicted octanol–water partition coefficient (Wildman–Crippen LogP) is 4.20. The van der Waals surface area contributed by atoms with Crippen molar-refractivity contribution in [2.45, 2.75) is 18.5 Å².